The van der Waals surface area contributed by atoms with Gasteiger partial charge in [-0.05, 0) is 32.4 Å². The molecule has 0 bridgehead atoms. The van der Waals surface area contributed by atoms with E-state index in [9.17, 15) is 4.79 Å². The predicted octanol–water partition coefficient (Wildman–Crippen LogP) is 2.38. The third-order valence-electron chi connectivity index (χ3n) is 2.99. The third kappa shape index (κ3) is 3.19. The van der Waals surface area contributed by atoms with E-state index >= 15 is 0 Å². The van der Waals surface area contributed by atoms with Gasteiger partial charge < -0.3 is 10.2 Å². The van der Waals surface area contributed by atoms with Crippen LogP contribution in [0.1, 0.15) is 37.6 Å². The number of pyridine rings is 1. The van der Waals surface area contributed by atoms with Gasteiger partial charge in [0, 0.05) is 25.8 Å². The average molecular weight is 235 g/mol. The lowest BCUT2D eigenvalue weighted by Gasteiger charge is -2.27. The number of hydrogen-bond acceptors (Lipinski definition) is 3. The van der Waals surface area contributed by atoms with Gasteiger partial charge in [-0.25, -0.2) is 4.98 Å². The van der Waals surface area contributed by atoms with Crippen LogP contribution in [-0.4, -0.2) is 35.4 Å². The summed E-state index contributed by atoms with van der Waals surface area (Å²) in [5, 5.41) is 2.93. The van der Waals surface area contributed by atoms with Gasteiger partial charge in [-0.3, -0.25) is 4.79 Å². The van der Waals surface area contributed by atoms with Gasteiger partial charge in [0.05, 0.1) is 5.56 Å². The van der Waals surface area contributed by atoms with E-state index in [2.05, 4.69) is 24.1 Å². The highest BCUT2D eigenvalue weighted by Crippen LogP contribution is 2.11. The molecule has 0 saturated carbocycles. The van der Waals surface area contributed by atoms with Crippen LogP contribution in [-0.2, 0) is 0 Å². The number of nitrogens with zero attached hydrogens (tertiary/aromatic N) is 2. The molecule has 17 heavy (non-hydrogen) atoms. The summed E-state index contributed by atoms with van der Waals surface area (Å²) < 4.78 is 0. The summed E-state index contributed by atoms with van der Waals surface area (Å²) in [5.41, 5.74) is 0.645. The van der Waals surface area contributed by atoms with Gasteiger partial charge in [-0.2, -0.15) is 0 Å². The predicted molar refractivity (Wildman–Crippen MR) is 70.2 cm³/mol. The van der Waals surface area contributed by atoms with Crippen LogP contribution in [0, 0.1) is 0 Å². The van der Waals surface area contributed by atoms with Crippen LogP contribution in [0.2, 0.25) is 0 Å². The van der Waals surface area contributed by atoms with Crippen molar-refractivity contribution in [2.24, 2.45) is 0 Å². The summed E-state index contributed by atoms with van der Waals surface area (Å²) in [6.07, 6.45) is 2.58. The van der Waals surface area contributed by atoms with Crippen molar-refractivity contribution in [3.05, 3.63) is 23.9 Å². The molecule has 1 aromatic rings. The molecule has 1 amide bonds. The molecule has 0 fully saturated rings. The molecule has 0 aromatic carbocycles. The molecule has 0 aliphatic rings. The molecule has 0 aliphatic carbocycles. The second kappa shape index (κ2) is 6.23. The van der Waals surface area contributed by atoms with Gasteiger partial charge in [0.25, 0.3) is 5.91 Å². The van der Waals surface area contributed by atoms with Gasteiger partial charge in [0.2, 0.25) is 0 Å². The molecule has 1 aromatic heterocycles. The lowest BCUT2D eigenvalue weighted by molar-refractivity contribution is 0.0699. The third-order valence-corrected chi connectivity index (χ3v) is 2.99. The van der Waals surface area contributed by atoms with Gasteiger partial charge in [0.15, 0.2) is 0 Å². The van der Waals surface area contributed by atoms with E-state index in [1.54, 1.807) is 13.2 Å². The first kappa shape index (κ1) is 13.5. The maximum atomic E-state index is 12.2. The topological polar surface area (TPSA) is 45.2 Å². The standard InChI is InChI=1S/C13H21N3O/c1-5-10(3)16(6-2)13(17)11-7-8-12(14-4)15-9-11/h7-10H,5-6H2,1-4H3,(H,14,15). The van der Waals surface area contributed by atoms with Crippen molar-refractivity contribution >= 4 is 11.7 Å². The zero-order valence-electron chi connectivity index (χ0n) is 11.0. The molecule has 0 saturated heterocycles. The maximum absolute atomic E-state index is 12.2. The highest BCUT2D eigenvalue weighted by molar-refractivity contribution is 5.94. The fraction of sp³-hybridized carbons (Fsp3) is 0.538. The van der Waals surface area contributed by atoms with E-state index in [0.29, 0.717) is 5.56 Å². The summed E-state index contributed by atoms with van der Waals surface area (Å²) in [6, 6.07) is 3.89. The molecular formula is C13H21N3O. The Morgan fingerprint density at radius 3 is 2.59 bits per heavy atom. The Morgan fingerprint density at radius 2 is 2.18 bits per heavy atom. The highest BCUT2D eigenvalue weighted by atomic mass is 16.2. The molecule has 94 valence electrons. The number of carbonyl (C=O) groups is 1. The minimum absolute atomic E-state index is 0.0528. The quantitative estimate of drug-likeness (QED) is 0.852. The molecule has 0 spiro atoms. The molecule has 1 atom stereocenters. The molecule has 0 radical (unpaired) electrons. The lowest BCUT2D eigenvalue weighted by atomic mass is 10.1. The second-order valence-electron chi connectivity index (χ2n) is 4.03. The Bertz CT molecular complexity index is 361. The minimum atomic E-state index is 0.0528. The van der Waals surface area contributed by atoms with Crippen molar-refractivity contribution in [3.8, 4) is 0 Å². The van der Waals surface area contributed by atoms with E-state index in [0.717, 1.165) is 18.8 Å². The number of aromatic nitrogens is 1. The average Bonchev–Trinajstić information content (AvgIpc) is 2.39. The first-order chi connectivity index (χ1) is 8.13. The Kier molecular flexibility index (Phi) is 4.94. The van der Waals surface area contributed by atoms with Gasteiger partial charge in [-0.15, -0.1) is 0 Å². The summed E-state index contributed by atoms with van der Waals surface area (Å²) in [5.74, 6) is 0.824. The minimum Gasteiger partial charge on any atom is -0.373 e. The zero-order valence-corrected chi connectivity index (χ0v) is 11.0. The van der Waals surface area contributed by atoms with Crippen LogP contribution in [0.3, 0.4) is 0 Å². The monoisotopic (exact) mass is 235 g/mol. The Labute approximate surface area is 103 Å². The van der Waals surface area contributed by atoms with Crippen molar-refractivity contribution in [3.63, 3.8) is 0 Å². The summed E-state index contributed by atoms with van der Waals surface area (Å²) in [4.78, 5) is 18.3. The smallest absolute Gasteiger partial charge is 0.255 e. The highest BCUT2D eigenvalue weighted by Gasteiger charge is 2.18. The van der Waals surface area contributed by atoms with E-state index in [4.69, 9.17) is 0 Å². The molecule has 0 aliphatic heterocycles. The van der Waals surface area contributed by atoms with Crippen molar-refractivity contribution < 1.29 is 4.79 Å². The van der Waals surface area contributed by atoms with Gasteiger partial charge >= 0.3 is 0 Å². The molecule has 1 unspecified atom stereocenters. The van der Waals surface area contributed by atoms with E-state index < -0.39 is 0 Å². The van der Waals surface area contributed by atoms with Crippen molar-refractivity contribution in [2.45, 2.75) is 33.2 Å². The molecule has 1 rings (SSSR count). The molecule has 4 heteroatoms. The first-order valence-electron chi connectivity index (χ1n) is 6.08. The molecule has 1 heterocycles. The van der Waals surface area contributed by atoms with Crippen LogP contribution in [0.5, 0.6) is 0 Å². The molecular weight excluding hydrogens is 214 g/mol. The number of anilines is 1. The SMILES string of the molecule is CCC(C)N(CC)C(=O)c1ccc(NC)nc1. The van der Waals surface area contributed by atoms with Crippen molar-refractivity contribution in [2.75, 3.05) is 18.9 Å². The van der Waals surface area contributed by atoms with E-state index in [-0.39, 0.29) is 11.9 Å². The van der Waals surface area contributed by atoms with E-state index in [1.807, 2.05) is 24.0 Å². The number of nitrogens with one attached hydrogen (secondary N) is 1. The van der Waals surface area contributed by atoms with Crippen molar-refractivity contribution in [1.82, 2.24) is 9.88 Å². The normalized spacial score (nSPS) is 12.0. The number of rotatable bonds is 5. The van der Waals surface area contributed by atoms with Crippen molar-refractivity contribution in [1.29, 1.82) is 0 Å². The Hall–Kier alpha value is -1.58. The Morgan fingerprint density at radius 1 is 1.47 bits per heavy atom. The van der Waals surface area contributed by atoms with Crippen LogP contribution >= 0.6 is 0 Å². The van der Waals surface area contributed by atoms with Crippen LogP contribution in [0.15, 0.2) is 18.3 Å². The van der Waals surface area contributed by atoms with Crippen LogP contribution in [0.4, 0.5) is 5.82 Å². The van der Waals surface area contributed by atoms with Gasteiger partial charge in [-0.1, -0.05) is 6.92 Å². The maximum Gasteiger partial charge on any atom is 0.255 e. The second-order valence-corrected chi connectivity index (χ2v) is 4.03. The summed E-state index contributed by atoms with van der Waals surface area (Å²) >= 11 is 0. The largest absolute Gasteiger partial charge is 0.373 e. The number of carbonyl (C=O) groups excluding carboxylic acids is 1. The zero-order chi connectivity index (χ0) is 12.8. The number of hydrogen-bond donors (Lipinski definition) is 1. The Balaban J connectivity index is 2.86. The fourth-order valence-corrected chi connectivity index (χ4v) is 1.71. The molecule has 1 N–H and O–H groups in total. The van der Waals surface area contributed by atoms with Crippen LogP contribution < -0.4 is 5.32 Å². The summed E-state index contributed by atoms with van der Waals surface area (Å²) in [6.45, 7) is 6.88. The lowest BCUT2D eigenvalue weighted by Crippen LogP contribution is -2.38. The number of amides is 1. The summed E-state index contributed by atoms with van der Waals surface area (Å²) in [7, 11) is 1.81. The first-order valence-corrected chi connectivity index (χ1v) is 6.08. The van der Waals surface area contributed by atoms with Crippen LogP contribution in [0.25, 0.3) is 0 Å². The fourth-order valence-electron chi connectivity index (χ4n) is 1.71. The van der Waals surface area contributed by atoms with E-state index in [1.165, 1.54) is 0 Å². The molecule has 4 nitrogen and oxygen atoms in total. The van der Waals surface area contributed by atoms with Gasteiger partial charge in [0.1, 0.15) is 5.82 Å².